The molecule has 0 spiro atoms. The van der Waals surface area contributed by atoms with Crippen molar-refractivity contribution >= 4 is 0 Å². The molecular weight excluding hydrogens is 298 g/mol. The Hall–Kier alpha value is -1.60. The zero-order valence-corrected chi connectivity index (χ0v) is 13.2. The Balaban J connectivity index is 0.000000313. The molecule has 0 heterocycles. The van der Waals surface area contributed by atoms with Crippen LogP contribution in [-0.2, 0) is 30.0 Å². The van der Waals surface area contributed by atoms with Gasteiger partial charge in [-0.2, -0.15) is 35.9 Å². The molecule has 0 fully saturated rings. The summed E-state index contributed by atoms with van der Waals surface area (Å²) in [6.07, 6.45) is 1.11. The van der Waals surface area contributed by atoms with E-state index in [4.69, 9.17) is 0 Å². The number of nitrogens with one attached hydrogen (secondary N) is 1. The third kappa shape index (κ3) is 7.67. The fourth-order valence-electron chi connectivity index (χ4n) is 1.96. The van der Waals surface area contributed by atoms with Crippen molar-refractivity contribution in [1.29, 1.82) is 0 Å². The van der Waals surface area contributed by atoms with E-state index in [0.29, 0.717) is 0 Å². The second-order valence-electron chi connectivity index (χ2n) is 4.67. The molecule has 0 atom stereocenters. The van der Waals surface area contributed by atoms with Gasteiger partial charge in [0, 0.05) is 6.54 Å². The first-order valence-electron chi connectivity index (χ1n) is 7.07. The Morgan fingerprint density at radius 3 is 2.10 bits per heavy atom. The molecule has 0 aliphatic heterocycles. The van der Waals surface area contributed by atoms with Crippen molar-refractivity contribution in [2.45, 2.75) is 13.0 Å². The van der Waals surface area contributed by atoms with Crippen LogP contribution in [0.1, 0.15) is 11.1 Å². The van der Waals surface area contributed by atoms with Gasteiger partial charge in [0.15, 0.2) is 0 Å². The van der Waals surface area contributed by atoms with Crippen molar-refractivity contribution in [2.75, 3.05) is 6.54 Å². The van der Waals surface area contributed by atoms with Crippen molar-refractivity contribution in [2.24, 2.45) is 0 Å². The first kappa shape index (κ1) is 17.5. The molecule has 0 radical (unpaired) electrons. The van der Waals surface area contributed by atoms with Crippen molar-refractivity contribution in [1.82, 2.24) is 5.32 Å². The van der Waals surface area contributed by atoms with E-state index in [1.54, 1.807) is 0 Å². The SMILES string of the molecule is [Fe+2].c1cc[cH-]c1.c1ccc(CNCC[c-]2cccc2)cc1. The molecule has 0 bridgehead atoms. The predicted molar refractivity (Wildman–Crippen MR) is 85.9 cm³/mol. The Kier molecular flexibility index (Phi) is 9.23. The molecule has 1 N–H and O–H groups in total. The first-order chi connectivity index (χ1) is 9.95. The Morgan fingerprint density at radius 2 is 1.52 bits per heavy atom. The first-order valence-corrected chi connectivity index (χ1v) is 7.07. The van der Waals surface area contributed by atoms with Gasteiger partial charge in [0.1, 0.15) is 0 Å². The van der Waals surface area contributed by atoms with E-state index in [-0.39, 0.29) is 17.1 Å². The van der Waals surface area contributed by atoms with E-state index >= 15 is 0 Å². The van der Waals surface area contributed by atoms with Crippen molar-refractivity contribution in [3.63, 3.8) is 0 Å². The summed E-state index contributed by atoms with van der Waals surface area (Å²) in [6.45, 7) is 2.00. The summed E-state index contributed by atoms with van der Waals surface area (Å²) in [7, 11) is 0. The maximum atomic E-state index is 3.44. The van der Waals surface area contributed by atoms with Crippen LogP contribution in [-0.4, -0.2) is 6.54 Å². The van der Waals surface area contributed by atoms with Gasteiger partial charge in [-0.05, 0) is 12.1 Å². The molecule has 0 amide bonds. The van der Waals surface area contributed by atoms with E-state index in [9.17, 15) is 0 Å². The fraction of sp³-hybridized carbons (Fsp3) is 0.158. The third-order valence-electron chi connectivity index (χ3n) is 3.05. The smallest absolute Gasteiger partial charge is 0.313 e. The molecule has 3 aromatic carbocycles. The summed E-state index contributed by atoms with van der Waals surface area (Å²) in [5.74, 6) is 0. The van der Waals surface area contributed by atoms with E-state index < -0.39 is 0 Å². The van der Waals surface area contributed by atoms with Crippen molar-refractivity contribution < 1.29 is 17.1 Å². The molecular formula is C19H21FeN. The van der Waals surface area contributed by atoms with Crippen LogP contribution in [0.4, 0.5) is 0 Å². The monoisotopic (exact) mass is 319 g/mol. The Bertz CT molecular complexity index is 509. The molecule has 3 aromatic rings. The van der Waals surface area contributed by atoms with Crippen molar-refractivity contribution in [3.05, 3.63) is 96.1 Å². The van der Waals surface area contributed by atoms with E-state index in [1.807, 2.05) is 36.4 Å². The van der Waals surface area contributed by atoms with Crippen molar-refractivity contribution in [3.8, 4) is 0 Å². The van der Waals surface area contributed by atoms with Gasteiger partial charge in [-0.15, -0.1) is 0 Å². The van der Waals surface area contributed by atoms with Crippen LogP contribution >= 0.6 is 0 Å². The summed E-state index contributed by atoms with van der Waals surface area (Å²) in [4.78, 5) is 0. The van der Waals surface area contributed by atoms with E-state index in [0.717, 1.165) is 19.5 Å². The standard InChI is InChI=1S/C14H16N.C5H5.Fe/c1-2-8-14(9-3-1)12-15-11-10-13-6-4-5-7-13;1-2-4-5-3-1;/h1-9,15H,10-12H2;1-5H;/q2*-1;+2. The zero-order valence-electron chi connectivity index (χ0n) is 12.1. The Labute approximate surface area is 138 Å². The zero-order chi connectivity index (χ0) is 13.9. The minimum atomic E-state index is 0. The molecule has 0 saturated heterocycles. The summed E-state index contributed by atoms with van der Waals surface area (Å²) in [6, 6.07) is 29.0. The van der Waals surface area contributed by atoms with Gasteiger partial charge < -0.3 is 5.32 Å². The predicted octanol–water partition coefficient (Wildman–Crippen LogP) is 4.14. The van der Waals surface area contributed by atoms with Crippen LogP contribution < -0.4 is 5.32 Å². The minimum absolute atomic E-state index is 0. The third-order valence-corrected chi connectivity index (χ3v) is 3.05. The van der Waals surface area contributed by atoms with Crippen LogP contribution in [0.2, 0.25) is 0 Å². The second-order valence-corrected chi connectivity index (χ2v) is 4.67. The number of hydrogen-bond acceptors (Lipinski definition) is 1. The molecule has 0 aliphatic carbocycles. The molecule has 3 rings (SSSR count). The second kappa shape index (κ2) is 11.1. The molecule has 0 aromatic heterocycles. The Morgan fingerprint density at radius 1 is 0.857 bits per heavy atom. The van der Waals surface area contributed by atoms with Gasteiger partial charge in [-0.3, -0.25) is 0 Å². The molecule has 21 heavy (non-hydrogen) atoms. The molecule has 0 unspecified atom stereocenters. The van der Waals surface area contributed by atoms with Crippen LogP contribution in [0.15, 0.2) is 84.9 Å². The molecule has 110 valence electrons. The maximum Gasteiger partial charge on any atom is 2.00 e. The topological polar surface area (TPSA) is 12.0 Å². The molecule has 0 aliphatic rings. The quantitative estimate of drug-likeness (QED) is 0.423. The maximum absolute atomic E-state index is 3.44. The van der Waals surface area contributed by atoms with Gasteiger partial charge in [0.2, 0.25) is 0 Å². The summed E-state index contributed by atoms with van der Waals surface area (Å²) in [5, 5.41) is 3.44. The van der Waals surface area contributed by atoms with Crippen LogP contribution in [0.25, 0.3) is 0 Å². The summed E-state index contributed by atoms with van der Waals surface area (Å²) >= 11 is 0. The molecule has 2 heteroatoms. The fourth-order valence-corrected chi connectivity index (χ4v) is 1.96. The number of benzene rings is 1. The average molecular weight is 319 g/mol. The average Bonchev–Trinajstić information content (AvgIpc) is 3.20. The van der Waals surface area contributed by atoms with Crippen LogP contribution in [0.3, 0.4) is 0 Å². The minimum Gasteiger partial charge on any atom is -0.313 e. The number of rotatable bonds is 5. The largest absolute Gasteiger partial charge is 2.00 e. The van der Waals surface area contributed by atoms with Crippen LogP contribution in [0, 0.1) is 0 Å². The van der Waals surface area contributed by atoms with Gasteiger partial charge in [-0.25, -0.2) is 24.3 Å². The van der Waals surface area contributed by atoms with E-state index in [1.165, 1.54) is 11.1 Å². The normalized spacial score (nSPS) is 9.33. The molecule has 1 nitrogen and oxygen atoms in total. The van der Waals surface area contributed by atoms with Gasteiger partial charge in [0.05, 0.1) is 0 Å². The van der Waals surface area contributed by atoms with Gasteiger partial charge in [0.25, 0.3) is 0 Å². The summed E-state index contributed by atoms with van der Waals surface area (Å²) in [5.41, 5.74) is 2.76. The van der Waals surface area contributed by atoms with Gasteiger partial charge in [-0.1, -0.05) is 36.8 Å². The van der Waals surface area contributed by atoms with Gasteiger partial charge >= 0.3 is 17.1 Å². The molecule has 0 saturated carbocycles. The number of hydrogen-bond donors (Lipinski definition) is 1. The van der Waals surface area contributed by atoms with E-state index in [2.05, 4.69) is 53.8 Å². The summed E-state index contributed by atoms with van der Waals surface area (Å²) < 4.78 is 0. The van der Waals surface area contributed by atoms with Crippen LogP contribution in [0.5, 0.6) is 0 Å².